The zero-order valence-electron chi connectivity index (χ0n) is 16.2. The second kappa shape index (κ2) is 10.3. The number of hydrogen-bond donors (Lipinski definition) is 2. The van der Waals surface area contributed by atoms with Gasteiger partial charge in [0.1, 0.15) is 0 Å². The number of rotatable bonds is 8. The molecule has 1 unspecified atom stereocenters. The third-order valence-electron chi connectivity index (χ3n) is 4.90. The molecule has 0 aromatic heterocycles. The molecule has 0 radical (unpaired) electrons. The second-order valence-electron chi connectivity index (χ2n) is 6.89. The molecule has 0 aliphatic carbocycles. The molecular formula is C22H27N3O2S. The van der Waals surface area contributed by atoms with Crippen molar-refractivity contribution in [2.75, 3.05) is 31.6 Å². The summed E-state index contributed by atoms with van der Waals surface area (Å²) in [7, 11) is 0. The molecule has 1 aliphatic heterocycles. The molecule has 5 nitrogen and oxygen atoms in total. The summed E-state index contributed by atoms with van der Waals surface area (Å²) >= 11 is 1.69. The number of carbonyl (C=O) groups excluding carboxylic acids is 2. The number of thioether (sulfide) groups is 1. The van der Waals surface area contributed by atoms with Crippen LogP contribution in [0.5, 0.6) is 0 Å². The first kappa shape index (κ1) is 20.4. The number of nitrogens with zero attached hydrogens (tertiary/aromatic N) is 1. The predicted octanol–water partition coefficient (Wildman–Crippen LogP) is 2.52. The van der Waals surface area contributed by atoms with Gasteiger partial charge in [-0.2, -0.15) is 11.8 Å². The van der Waals surface area contributed by atoms with Gasteiger partial charge < -0.3 is 10.6 Å². The summed E-state index contributed by atoms with van der Waals surface area (Å²) in [4.78, 5) is 26.7. The van der Waals surface area contributed by atoms with E-state index in [1.165, 1.54) is 11.1 Å². The fraction of sp³-hybridized carbons (Fsp3) is 0.364. The van der Waals surface area contributed by atoms with Crippen LogP contribution < -0.4 is 10.6 Å². The Balaban J connectivity index is 1.63. The minimum absolute atomic E-state index is 0.0628. The van der Waals surface area contributed by atoms with Crippen molar-refractivity contribution in [3.63, 3.8) is 0 Å². The Morgan fingerprint density at radius 2 is 1.86 bits per heavy atom. The first-order valence-corrected chi connectivity index (χ1v) is 11.0. The van der Waals surface area contributed by atoms with Gasteiger partial charge >= 0.3 is 0 Å². The Morgan fingerprint density at radius 1 is 1.14 bits per heavy atom. The van der Waals surface area contributed by atoms with Crippen molar-refractivity contribution >= 4 is 23.6 Å². The van der Waals surface area contributed by atoms with E-state index in [2.05, 4.69) is 51.9 Å². The number of carbonyl (C=O) groups is 2. The smallest absolute Gasteiger partial charge is 0.237 e. The van der Waals surface area contributed by atoms with E-state index in [9.17, 15) is 9.59 Å². The Kier molecular flexibility index (Phi) is 7.51. The van der Waals surface area contributed by atoms with Crippen molar-refractivity contribution in [3.8, 4) is 11.1 Å². The van der Waals surface area contributed by atoms with Crippen molar-refractivity contribution < 1.29 is 9.59 Å². The zero-order chi connectivity index (χ0) is 19.8. The zero-order valence-corrected chi connectivity index (χ0v) is 17.0. The molecule has 6 heteroatoms. The Hall–Kier alpha value is -2.31. The van der Waals surface area contributed by atoms with Crippen LogP contribution >= 0.6 is 11.8 Å². The summed E-state index contributed by atoms with van der Waals surface area (Å²) in [5.41, 5.74) is 3.50. The van der Waals surface area contributed by atoms with Gasteiger partial charge in [-0.25, -0.2) is 0 Å². The lowest BCUT2D eigenvalue weighted by atomic mass is 10.0. The number of hydrogen-bond acceptors (Lipinski definition) is 4. The van der Waals surface area contributed by atoms with Crippen LogP contribution in [0.1, 0.15) is 12.0 Å². The summed E-state index contributed by atoms with van der Waals surface area (Å²) in [5, 5.41) is 5.78. The van der Waals surface area contributed by atoms with E-state index in [0.29, 0.717) is 19.6 Å². The van der Waals surface area contributed by atoms with Gasteiger partial charge in [0.25, 0.3) is 0 Å². The molecule has 2 N–H and O–H groups in total. The van der Waals surface area contributed by atoms with Crippen LogP contribution in [-0.2, 0) is 16.1 Å². The SMILES string of the molecule is CSCCNC(=O)CC1C(=O)NCCN1Cc1ccc(-c2ccccc2)cc1. The summed E-state index contributed by atoms with van der Waals surface area (Å²) < 4.78 is 0. The monoisotopic (exact) mass is 397 g/mol. The van der Waals surface area contributed by atoms with E-state index in [4.69, 9.17) is 0 Å². The fourth-order valence-electron chi connectivity index (χ4n) is 3.38. The molecule has 1 heterocycles. The molecular weight excluding hydrogens is 370 g/mol. The van der Waals surface area contributed by atoms with E-state index in [1.54, 1.807) is 11.8 Å². The molecule has 28 heavy (non-hydrogen) atoms. The quantitative estimate of drug-likeness (QED) is 0.672. The fourth-order valence-corrected chi connectivity index (χ4v) is 3.69. The highest BCUT2D eigenvalue weighted by Gasteiger charge is 2.31. The van der Waals surface area contributed by atoms with Gasteiger partial charge in [-0.05, 0) is 22.9 Å². The van der Waals surface area contributed by atoms with Crippen molar-refractivity contribution in [2.45, 2.75) is 19.0 Å². The molecule has 3 rings (SSSR count). The first-order valence-electron chi connectivity index (χ1n) is 9.59. The van der Waals surface area contributed by atoms with Crippen molar-refractivity contribution in [2.24, 2.45) is 0 Å². The van der Waals surface area contributed by atoms with Gasteiger partial charge in [0.05, 0.1) is 12.5 Å². The third kappa shape index (κ3) is 5.59. The summed E-state index contributed by atoms with van der Waals surface area (Å²) in [5.74, 6) is 0.743. The molecule has 148 valence electrons. The van der Waals surface area contributed by atoms with E-state index in [0.717, 1.165) is 17.9 Å². The van der Waals surface area contributed by atoms with Gasteiger partial charge in [0.2, 0.25) is 11.8 Å². The summed E-state index contributed by atoms with van der Waals surface area (Å²) in [6, 6.07) is 18.3. The normalized spacial score (nSPS) is 17.2. The van der Waals surface area contributed by atoms with Gasteiger partial charge in [0.15, 0.2) is 0 Å². The molecule has 0 saturated carbocycles. The largest absolute Gasteiger partial charge is 0.355 e. The Morgan fingerprint density at radius 3 is 2.57 bits per heavy atom. The molecule has 2 aromatic carbocycles. The highest BCUT2D eigenvalue weighted by molar-refractivity contribution is 7.98. The van der Waals surface area contributed by atoms with Crippen LogP contribution in [-0.4, -0.2) is 54.4 Å². The van der Waals surface area contributed by atoms with Crippen LogP contribution in [0, 0.1) is 0 Å². The lowest BCUT2D eigenvalue weighted by molar-refractivity contribution is -0.134. The molecule has 2 amide bonds. The van der Waals surface area contributed by atoms with Crippen LogP contribution in [0.15, 0.2) is 54.6 Å². The molecule has 1 saturated heterocycles. The summed E-state index contributed by atoms with van der Waals surface area (Å²) in [6.07, 6.45) is 2.20. The van der Waals surface area contributed by atoms with Gasteiger partial charge in [-0.1, -0.05) is 54.6 Å². The maximum atomic E-state index is 12.4. The third-order valence-corrected chi connectivity index (χ3v) is 5.51. The minimum atomic E-state index is -0.420. The van der Waals surface area contributed by atoms with E-state index in [1.807, 2.05) is 24.5 Å². The van der Waals surface area contributed by atoms with Crippen LogP contribution in [0.3, 0.4) is 0 Å². The molecule has 1 aliphatic rings. The van der Waals surface area contributed by atoms with Crippen LogP contribution in [0.4, 0.5) is 0 Å². The van der Waals surface area contributed by atoms with Crippen LogP contribution in [0.2, 0.25) is 0 Å². The van der Waals surface area contributed by atoms with Crippen LogP contribution in [0.25, 0.3) is 11.1 Å². The Labute approximate surface area is 170 Å². The van der Waals surface area contributed by atoms with Crippen molar-refractivity contribution in [1.29, 1.82) is 0 Å². The highest BCUT2D eigenvalue weighted by Crippen LogP contribution is 2.21. The number of benzene rings is 2. The molecule has 0 spiro atoms. The molecule has 1 fully saturated rings. The minimum Gasteiger partial charge on any atom is -0.355 e. The lowest BCUT2D eigenvalue weighted by Crippen LogP contribution is -2.56. The van der Waals surface area contributed by atoms with E-state index in [-0.39, 0.29) is 18.2 Å². The first-order chi connectivity index (χ1) is 13.7. The molecule has 0 bridgehead atoms. The van der Waals surface area contributed by atoms with E-state index >= 15 is 0 Å². The standard InChI is InChI=1S/C22H27N3O2S/c1-28-14-12-23-21(26)15-20-22(27)24-11-13-25(20)16-17-7-9-19(10-8-17)18-5-3-2-4-6-18/h2-10,20H,11-16H2,1H3,(H,23,26)(H,24,27). The number of nitrogens with one attached hydrogen (secondary N) is 2. The summed E-state index contributed by atoms with van der Waals surface area (Å²) in [6.45, 7) is 2.65. The number of piperazine rings is 1. The van der Waals surface area contributed by atoms with Crippen molar-refractivity contribution in [1.82, 2.24) is 15.5 Å². The maximum absolute atomic E-state index is 12.4. The average Bonchev–Trinajstić information content (AvgIpc) is 2.72. The predicted molar refractivity (Wildman–Crippen MR) is 115 cm³/mol. The van der Waals surface area contributed by atoms with Crippen molar-refractivity contribution in [3.05, 3.63) is 60.2 Å². The average molecular weight is 398 g/mol. The Bertz CT molecular complexity index is 780. The lowest BCUT2D eigenvalue weighted by Gasteiger charge is -2.34. The van der Waals surface area contributed by atoms with Gasteiger partial charge in [-0.3, -0.25) is 14.5 Å². The molecule has 2 aromatic rings. The van der Waals surface area contributed by atoms with Gasteiger partial charge in [0, 0.05) is 31.9 Å². The maximum Gasteiger partial charge on any atom is 0.237 e. The van der Waals surface area contributed by atoms with E-state index < -0.39 is 6.04 Å². The topological polar surface area (TPSA) is 61.4 Å². The highest BCUT2D eigenvalue weighted by atomic mass is 32.2. The number of amides is 2. The van der Waals surface area contributed by atoms with Gasteiger partial charge in [-0.15, -0.1) is 0 Å². The molecule has 1 atom stereocenters. The second-order valence-corrected chi connectivity index (χ2v) is 7.87.